The molecule has 4 heteroatoms. The summed E-state index contributed by atoms with van der Waals surface area (Å²) in [7, 11) is 5.54. The number of nitrogens with zero attached hydrogens (tertiary/aromatic N) is 1. The Morgan fingerprint density at radius 1 is 1.13 bits per heavy atom. The third-order valence-electron chi connectivity index (χ3n) is 6.26. The van der Waals surface area contributed by atoms with Crippen molar-refractivity contribution in [3.8, 4) is 11.5 Å². The van der Waals surface area contributed by atoms with Crippen LogP contribution in [0.25, 0.3) is 0 Å². The minimum atomic E-state index is -0.249. The number of aliphatic hydroxyl groups excluding tert-OH is 1. The van der Waals surface area contributed by atoms with E-state index in [1.54, 1.807) is 14.2 Å². The lowest BCUT2D eigenvalue weighted by atomic mass is 9.56. The van der Waals surface area contributed by atoms with E-state index in [-0.39, 0.29) is 16.9 Å². The second-order valence-corrected chi connectivity index (χ2v) is 7.73. The fourth-order valence-electron chi connectivity index (χ4n) is 5.15. The normalized spacial score (nSPS) is 33.3. The number of likely N-dealkylation sites (N-methyl/N-ethyl adjacent to an activating group) is 1. The molecule has 128 valence electrons. The Morgan fingerprint density at radius 3 is 2.48 bits per heavy atom. The van der Waals surface area contributed by atoms with Crippen LogP contribution in [0.3, 0.4) is 0 Å². The van der Waals surface area contributed by atoms with E-state index in [1.165, 1.54) is 5.56 Å². The Balaban J connectivity index is 2.09. The number of hydrogen-bond donors (Lipinski definition) is 1. The van der Waals surface area contributed by atoms with Crippen LogP contribution in [0.4, 0.5) is 0 Å². The minimum absolute atomic E-state index is 0.0804. The van der Waals surface area contributed by atoms with Crippen molar-refractivity contribution in [2.24, 2.45) is 5.41 Å². The van der Waals surface area contributed by atoms with E-state index >= 15 is 0 Å². The molecule has 4 nitrogen and oxygen atoms in total. The summed E-state index contributed by atoms with van der Waals surface area (Å²) in [5.74, 6) is 1.56. The first-order valence-electron chi connectivity index (χ1n) is 8.47. The second kappa shape index (κ2) is 5.67. The zero-order chi connectivity index (χ0) is 16.8. The van der Waals surface area contributed by atoms with E-state index in [2.05, 4.69) is 37.9 Å². The predicted molar refractivity (Wildman–Crippen MR) is 91.3 cm³/mol. The molecule has 2 fully saturated rings. The van der Waals surface area contributed by atoms with Gasteiger partial charge in [-0.15, -0.1) is 0 Å². The van der Waals surface area contributed by atoms with E-state index < -0.39 is 0 Å². The second-order valence-electron chi connectivity index (χ2n) is 7.73. The van der Waals surface area contributed by atoms with Crippen LogP contribution in [0.1, 0.15) is 38.7 Å². The SMILES string of the molecule is COc1ccc([C@@]23CC[C@H](O)C(C)(C)[C@@H]2N(C)CC3)cc1OC. The molecule has 0 amide bonds. The number of likely N-dealkylation sites (tertiary alicyclic amines) is 1. The first-order chi connectivity index (χ1) is 10.9. The lowest BCUT2D eigenvalue weighted by Crippen LogP contribution is -2.58. The van der Waals surface area contributed by atoms with Gasteiger partial charge in [-0.1, -0.05) is 19.9 Å². The van der Waals surface area contributed by atoms with Crippen molar-refractivity contribution >= 4 is 0 Å². The quantitative estimate of drug-likeness (QED) is 0.930. The Bertz CT molecular complexity index is 586. The van der Waals surface area contributed by atoms with Crippen molar-refractivity contribution in [3.05, 3.63) is 23.8 Å². The maximum absolute atomic E-state index is 10.6. The highest BCUT2D eigenvalue weighted by Gasteiger charge is 2.58. The Hall–Kier alpha value is -1.26. The molecule has 0 bridgehead atoms. The van der Waals surface area contributed by atoms with Gasteiger partial charge >= 0.3 is 0 Å². The highest BCUT2D eigenvalue weighted by molar-refractivity contribution is 5.47. The van der Waals surface area contributed by atoms with Gasteiger partial charge in [-0.25, -0.2) is 0 Å². The Labute approximate surface area is 139 Å². The number of hydrogen-bond acceptors (Lipinski definition) is 4. The van der Waals surface area contributed by atoms with Gasteiger partial charge in [0.05, 0.1) is 20.3 Å². The van der Waals surface area contributed by atoms with Crippen molar-refractivity contribution in [1.29, 1.82) is 0 Å². The van der Waals surface area contributed by atoms with Crippen LogP contribution in [0.15, 0.2) is 18.2 Å². The lowest BCUT2D eigenvalue weighted by Gasteiger charge is -2.53. The first kappa shape index (κ1) is 16.6. The van der Waals surface area contributed by atoms with E-state index in [4.69, 9.17) is 9.47 Å². The van der Waals surface area contributed by atoms with E-state index in [9.17, 15) is 5.11 Å². The van der Waals surface area contributed by atoms with Gasteiger partial charge in [0, 0.05) is 16.9 Å². The van der Waals surface area contributed by atoms with E-state index in [0.717, 1.165) is 37.3 Å². The maximum Gasteiger partial charge on any atom is 0.161 e. The molecule has 0 radical (unpaired) electrons. The molecule has 0 spiro atoms. The van der Waals surface area contributed by atoms with Crippen molar-refractivity contribution in [2.75, 3.05) is 27.8 Å². The van der Waals surface area contributed by atoms with Crippen LogP contribution in [0.5, 0.6) is 11.5 Å². The fourth-order valence-corrected chi connectivity index (χ4v) is 5.15. The molecule has 2 aliphatic rings. The highest BCUT2D eigenvalue weighted by Crippen LogP contribution is 2.55. The van der Waals surface area contributed by atoms with Gasteiger partial charge in [0.2, 0.25) is 0 Å². The van der Waals surface area contributed by atoms with Crippen LogP contribution < -0.4 is 9.47 Å². The summed E-state index contributed by atoms with van der Waals surface area (Å²) < 4.78 is 10.9. The molecule has 3 rings (SSSR count). The summed E-state index contributed by atoms with van der Waals surface area (Å²) in [4.78, 5) is 2.43. The first-order valence-corrected chi connectivity index (χ1v) is 8.47. The fraction of sp³-hybridized carbons (Fsp3) is 0.684. The molecule has 1 saturated heterocycles. The summed E-state index contributed by atoms with van der Waals surface area (Å²) in [6.45, 7) is 5.48. The molecule has 1 aliphatic carbocycles. The number of benzene rings is 1. The van der Waals surface area contributed by atoms with Gasteiger partial charge in [-0.05, 0) is 50.6 Å². The average molecular weight is 319 g/mol. The molecule has 0 unspecified atom stereocenters. The molecule has 3 atom stereocenters. The Kier molecular flexibility index (Phi) is 4.09. The van der Waals surface area contributed by atoms with Gasteiger partial charge in [0.25, 0.3) is 0 Å². The molecular formula is C19H29NO3. The molecule has 1 aromatic rings. The number of methoxy groups -OCH3 is 2. The van der Waals surface area contributed by atoms with E-state index in [0.29, 0.717) is 6.04 Å². The zero-order valence-electron chi connectivity index (χ0n) is 14.9. The molecule has 1 aromatic carbocycles. The maximum atomic E-state index is 10.6. The summed E-state index contributed by atoms with van der Waals surface area (Å²) in [5.41, 5.74) is 1.26. The van der Waals surface area contributed by atoms with Crippen molar-refractivity contribution in [3.63, 3.8) is 0 Å². The third kappa shape index (κ3) is 2.34. The smallest absolute Gasteiger partial charge is 0.161 e. The standard InChI is InChI=1S/C19H29NO3/c1-18(2)16(21)8-9-19(10-11-20(3)17(18)19)13-6-7-14(22-4)15(12-13)23-5/h6-7,12,16-17,21H,8-11H2,1-5H3/t16-,17-,19-/m0/s1. The Morgan fingerprint density at radius 2 is 1.83 bits per heavy atom. The van der Waals surface area contributed by atoms with Crippen LogP contribution in [-0.2, 0) is 5.41 Å². The summed E-state index contributed by atoms with van der Waals surface area (Å²) in [6.07, 6.45) is 2.74. The van der Waals surface area contributed by atoms with Gasteiger partial charge in [0.1, 0.15) is 0 Å². The van der Waals surface area contributed by atoms with Crippen LogP contribution in [0.2, 0.25) is 0 Å². The van der Waals surface area contributed by atoms with Crippen molar-refractivity contribution < 1.29 is 14.6 Å². The minimum Gasteiger partial charge on any atom is -0.493 e. The highest BCUT2D eigenvalue weighted by atomic mass is 16.5. The summed E-state index contributed by atoms with van der Waals surface area (Å²) in [6, 6.07) is 6.66. The summed E-state index contributed by atoms with van der Waals surface area (Å²) >= 11 is 0. The third-order valence-corrected chi connectivity index (χ3v) is 6.26. The van der Waals surface area contributed by atoms with Crippen molar-refractivity contribution in [2.45, 2.75) is 50.7 Å². The van der Waals surface area contributed by atoms with E-state index in [1.807, 2.05) is 6.07 Å². The topological polar surface area (TPSA) is 41.9 Å². The molecule has 1 N–H and O–H groups in total. The summed E-state index contributed by atoms with van der Waals surface area (Å²) in [5, 5.41) is 10.6. The monoisotopic (exact) mass is 319 g/mol. The number of fused-ring (bicyclic) bond motifs is 1. The van der Waals surface area contributed by atoms with Gasteiger partial charge in [-0.2, -0.15) is 0 Å². The molecule has 1 saturated carbocycles. The van der Waals surface area contributed by atoms with Crippen LogP contribution >= 0.6 is 0 Å². The zero-order valence-corrected chi connectivity index (χ0v) is 14.9. The number of ether oxygens (including phenoxy) is 2. The number of rotatable bonds is 3. The van der Waals surface area contributed by atoms with Crippen molar-refractivity contribution in [1.82, 2.24) is 4.90 Å². The number of aliphatic hydroxyl groups is 1. The molecule has 0 aromatic heterocycles. The largest absolute Gasteiger partial charge is 0.493 e. The van der Waals surface area contributed by atoms with Gasteiger partial charge in [0.15, 0.2) is 11.5 Å². The molecule has 1 heterocycles. The van der Waals surface area contributed by atoms with Crippen LogP contribution in [-0.4, -0.2) is 50.0 Å². The van der Waals surface area contributed by atoms with Gasteiger partial charge < -0.3 is 19.5 Å². The van der Waals surface area contributed by atoms with Gasteiger partial charge in [-0.3, -0.25) is 0 Å². The van der Waals surface area contributed by atoms with Crippen LogP contribution in [0, 0.1) is 5.41 Å². The molecule has 1 aliphatic heterocycles. The average Bonchev–Trinajstić information content (AvgIpc) is 2.90. The molecular weight excluding hydrogens is 290 g/mol. The molecule has 23 heavy (non-hydrogen) atoms. The lowest BCUT2D eigenvalue weighted by molar-refractivity contribution is -0.0619. The predicted octanol–water partition coefficient (Wildman–Crippen LogP) is 2.83.